The molecule has 1 N–H and O–H groups in total. The van der Waals surface area contributed by atoms with E-state index in [4.69, 9.17) is 0 Å². The summed E-state index contributed by atoms with van der Waals surface area (Å²) in [6.45, 7) is 2.14. The van der Waals surface area contributed by atoms with Gasteiger partial charge in [-0.05, 0) is 37.5 Å². The predicted octanol–water partition coefficient (Wildman–Crippen LogP) is 2.06. The van der Waals surface area contributed by atoms with Crippen LogP contribution < -0.4 is 5.32 Å². The molecule has 0 aliphatic carbocycles. The second-order valence-corrected chi connectivity index (χ2v) is 8.06. The van der Waals surface area contributed by atoms with Gasteiger partial charge >= 0.3 is 0 Å². The Morgan fingerprint density at radius 3 is 2.79 bits per heavy atom. The monoisotopic (exact) mass is 345 g/mol. The highest BCUT2D eigenvalue weighted by atomic mass is 79.9. The van der Waals surface area contributed by atoms with Crippen molar-refractivity contribution < 1.29 is 13.2 Å². The summed E-state index contributed by atoms with van der Waals surface area (Å²) in [5, 5.41) is 2.28. The molecule has 0 spiro atoms. The van der Waals surface area contributed by atoms with Crippen LogP contribution in [0.4, 0.5) is 0 Å². The Morgan fingerprint density at radius 2 is 2.21 bits per heavy atom. The molecule has 1 saturated heterocycles. The fourth-order valence-electron chi connectivity index (χ4n) is 2.13. The van der Waals surface area contributed by atoms with Gasteiger partial charge in [-0.15, -0.1) is 0 Å². The molecule has 2 rings (SSSR count). The topological polar surface area (TPSA) is 63.2 Å². The number of rotatable bonds is 3. The summed E-state index contributed by atoms with van der Waals surface area (Å²) in [6, 6.07) is 5.33. The fraction of sp³-hybridized carbons (Fsp3) is 0.462. The van der Waals surface area contributed by atoms with Gasteiger partial charge in [-0.1, -0.05) is 22.0 Å². The third-order valence-electron chi connectivity index (χ3n) is 3.39. The number of nitrogens with one attached hydrogen (secondary N) is 1. The molecule has 1 heterocycles. The van der Waals surface area contributed by atoms with E-state index in [0.717, 1.165) is 10.0 Å². The minimum atomic E-state index is -3.00. The largest absolute Gasteiger partial charge is 0.351 e. The standard InChI is InChI=1S/C13H16BrNO3S/c1-9-4-5-10(7-12(9)14)13(16)15-8-11-3-2-6-19(11,17)18/h4-5,7,11H,2-3,6,8H2,1H3,(H,15,16). The average Bonchev–Trinajstić information content (AvgIpc) is 2.69. The Kier molecular flexibility index (Phi) is 4.30. The summed E-state index contributed by atoms with van der Waals surface area (Å²) in [5.41, 5.74) is 1.59. The molecule has 104 valence electrons. The van der Waals surface area contributed by atoms with Crippen LogP contribution in [-0.2, 0) is 9.84 Å². The van der Waals surface area contributed by atoms with E-state index in [2.05, 4.69) is 21.2 Å². The predicted molar refractivity (Wildman–Crippen MR) is 78.0 cm³/mol. The van der Waals surface area contributed by atoms with Crippen LogP contribution in [0.3, 0.4) is 0 Å². The van der Waals surface area contributed by atoms with Crippen molar-refractivity contribution >= 4 is 31.7 Å². The summed E-state index contributed by atoms with van der Waals surface area (Å²) in [5.74, 6) is 0.00618. The highest BCUT2D eigenvalue weighted by molar-refractivity contribution is 9.10. The molecular formula is C13H16BrNO3S. The molecule has 1 aromatic rings. The van der Waals surface area contributed by atoms with Gasteiger partial charge in [-0.25, -0.2) is 8.42 Å². The molecule has 4 nitrogen and oxygen atoms in total. The zero-order valence-corrected chi connectivity index (χ0v) is 13.1. The third kappa shape index (κ3) is 3.36. The van der Waals surface area contributed by atoms with E-state index in [-0.39, 0.29) is 18.2 Å². The maximum Gasteiger partial charge on any atom is 0.251 e. The van der Waals surface area contributed by atoms with Gasteiger partial charge < -0.3 is 5.32 Å². The van der Waals surface area contributed by atoms with Crippen molar-refractivity contribution in [3.63, 3.8) is 0 Å². The first-order valence-electron chi connectivity index (χ1n) is 6.16. The number of sulfone groups is 1. The normalized spacial score (nSPS) is 21.3. The number of carbonyl (C=O) groups is 1. The molecule has 1 atom stereocenters. The first kappa shape index (κ1) is 14.5. The van der Waals surface area contributed by atoms with Crippen LogP contribution in [0.15, 0.2) is 22.7 Å². The van der Waals surface area contributed by atoms with E-state index in [9.17, 15) is 13.2 Å². The lowest BCUT2D eigenvalue weighted by molar-refractivity contribution is 0.0953. The molecule has 0 saturated carbocycles. The molecule has 1 amide bonds. The Morgan fingerprint density at radius 1 is 1.47 bits per heavy atom. The number of amides is 1. The minimum absolute atomic E-state index is 0.201. The summed E-state index contributed by atoms with van der Waals surface area (Å²) in [4.78, 5) is 11.9. The number of benzene rings is 1. The van der Waals surface area contributed by atoms with Crippen molar-refractivity contribution in [2.75, 3.05) is 12.3 Å². The summed E-state index contributed by atoms with van der Waals surface area (Å²) in [6.07, 6.45) is 1.33. The Bertz CT molecular complexity index is 598. The molecule has 1 unspecified atom stereocenters. The molecule has 1 aromatic carbocycles. The summed E-state index contributed by atoms with van der Waals surface area (Å²) < 4.78 is 24.2. The van der Waals surface area contributed by atoms with Gasteiger partial charge in [0.25, 0.3) is 5.91 Å². The van der Waals surface area contributed by atoms with Crippen LogP contribution >= 0.6 is 15.9 Å². The Balaban J connectivity index is 2.00. The molecule has 19 heavy (non-hydrogen) atoms. The summed E-state index contributed by atoms with van der Waals surface area (Å²) in [7, 11) is -3.00. The molecule has 0 bridgehead atoms. The van der Waals surface area contributed by atoms with Crippen LogP contribution in [-0.4, -0.2) is 31.9 Å². The number of aryl methyl sites for hydroxylation is 1. The van der Waals surface area contributed by atoms with Gasteiger partial charge in [-0.2, -0.15) is 0 Å². The smallest absolute Gasteiger partial charge is 0.251 e. The summed E-state index contributed by atoms with van der Waals surface area (Å²) >= 11 is 3.37. The molecule has 0 aromatic heterocycles. The Hall–Kier alpha value is -0.880. The van der Waals surface area contributed by atoms with Crippen molar-refractivity contribution in [2.24, 2.45) is 0 Å². The molecule has 0 radical (unpaired) electrons. The highest BCUT2D eigenvalue weighted by Gasteiger charge is 2.31. The number of hydrogen-bond donors (Lipinski definition) is 1. The number of carbonyl (C=O) groups excluding carboxylic acids is 1. The second-order valence-electron chi connectivity index (χ2n) is 4.81. The number of hydrogen-bond acceptors (Lipinski definition) is 3. The van der Waals surface area contributed by atoms with Gasteiger partial charge in [-0.3, -0.25) is 4.79 Å². The van der Waals surface area contributed by atoms with E-state index in [1.54, 1.807) is 12.1 Å². The van der Waals surface area contributed by atoms with E-state index in [1.807, 2.05) is 13.0 Å². The van der Waals surface area contributed by atoms with Crippen molar-refractivity contribution in [1.82, 2.24) is 5.32 Å². The maximum atomic E-state index is 11.9. The zero-order valence-electron chi connectivity index (χ0n) is 10.6. The second kappa shape index (κ2) is 5.63. The van der Waals surface area contributed by atoms with Crippen molar-refractivity contribution in [2.45, 2.75) is 25.0 Å². The van der Waals surface area contributed by atoms with Crippen molar-refractivity contribution in [3.8, 4) is 0 Å². The number of halogens is 1. The van der Waals surface area contributed by atoms with Gasteiger partial charge in [0.15, 0.2) is 9.84 Å². The average molecular weight is 346 g/mol. The fourth-order valence-corrected chi connectivity index (χ4v) is 4.27. The molecular weight excluding hydrogens is 330 g/mol. The zero-order chi connectivity index (χ0) is 14.0. The van der Waals surface area contributed by atoms with Crippen LogP contribution in [0.25, 0.3) is 0 Å². The van der Waals surface area contributed by atoms with Gasteiger partial charge in [0.1, 0.15) is 0 Å². The van der Waals surface area contributed by atoms with E-state index >= 15 is 0 Å². The van der Waals surface area contributed by atoms with Crippen molar-refractivity contribution in [3.05, 3.63) is 33.8 Å². The SMILES string of the molecule is Cc1ccc(C(=O)NCC2CCCS2(=O)=O)cc1Br. The van der Waals surface area contributed by atoms with E-state index < -0.39 is 15.1 Å². The van der Waals surface area contributed by atoms with Crippen LogP contribution in [0.1, 0.15) is 28.8 Å². The quantitative estimate of drug-likeness (QED) is 0.911. The van der Waals surface area contributed by atoms with E-state index in [1.165, 1.54) is 0 Å². The lowest BCUT2D eigenvalue weighted by atomic mass is 10.1. The first-order valence-corrected chi connectivity index (χ1v) is 8.67. The van der Waals surface area contributed by atoms with Gasteiger partial charge in [0, 0.05) is 16.6 Å². The van der Waals surface area contributed by atoms with Crippen LogP contribution in [0.5, 0.6) is 0 Å². The molecule has 6 heteroatoms. The van der Waals surface area contributed by atoms with Gasteiger partial charge in [0.05, 0.1) is 11.0 Å². The highest BCUT2D eigenvalue weighted by Crippen LogP contribution is 2.20. The Labute approximate surface area is 121 Å². The van der Waals surface area contributed by atoms with Crippen LogP contribution in [0.2, 0.25) is 0 Å². The lowest BCUT2D eigenvalue weighted by Crippen LogP contribution is -2.34. The third-order valence-corrected chi connectivity index (χ3v) is 6.52. The minimum Gasteiger partial charge on any atom is -0.351 e. The van der Waals surface area contributed by atoms with E-state index in [0.29, 0.717) is 18.4 Å². The maximum absolute atomic E-state index is 11.9. The molecule has 1 aliphatic heterocycles. The molecule has 1 aliphatic rings. The van der Waals surface area contributed by atoms with Crippen molar-refractivity contribution in [1.29, 1.82) is 0 Å². The first-order chi connectivity index (χ1) is 8.90. The van der Waals surface area contributed by atoms with Gasteiger partial charge in [0.2, 0.25) is 0 Å². The molecule has 1 fully saturated rings. The van der Waals surface area contributed by atoms with Crippen LogP contribution in [0, 0.1) is 6.92 Å². The lowest BCUT2D eigenvalue weighted by Gasteiger charge is -2.11.